The van der Waals surface area contributed by atoms with Gasteiger partial charge >= 0.3 is 0 Å². The average Bonchev–Trinajstić information content (AvgIpc) is 2.57. The van der Waals surface area contributed by atoms with Crippen molar-refractivity contribution < 1.29 is 17.9 Å². The number of benzene rings is 2. The van der Waals surface area contributed by atoms with Gasteiger partial charge in [-0.05, 0) is 52.7 Å². The fourth-order valence-electron chi connectivity index (χ4n) is 1.92. The molecule has 0 fully saturated rings. The molecule has 2 aromatic rings. The minimum absolute atomic E-state index is 0.146. The Hall–Kier alpha value is -2.06. The molecule has 0 saturated heterocycles. The fourth-order valence-corrected chi connectivity index (χ4v) is 3.31. The summed E-state index contributed by atoms with van der Waals surface area (Å²) >= 11 is 3.40. The highest BCUT2D eigenvalue weighted by atomic mass is 79.9. The first-order valence-electron chi connectivity index (χ1n) is 7.08. The van der Waals surface area contributed by atoms with E-state index in [1.165, 1.54) is 25.5 Å². The number of sulfonamides is 1. The molecular weight excluding hydrogens is 396 g/mol. The number of hydrogen-bond acceptors (Lipinski definition) is 5. The maximum absolute atomic E-state index is 12.1. The maximum Gasteiger partial charge on any atom is 0.276 e. The lowest BCUT2D eigenvalue weighted by atomic mass is 10.2. The van der Waals surface area contributed by atoms with Crippen LogP contribution in [0.1, 0.15) is 12.5 Å². The highest BCUT2D eigenvalue weighted by Gasteiger charge is 2.12. The van der Waals surface area contributed by atoms with Crippen LogP contribution in [0.5, 0.6) is 11.5 Å². The Morgan fingerprint density at radius 2 is 1.96 bits per heavy atom. The first kappa shape index (κ1) is 18.3. The molecule has 0 heterocycles. The van der Waals surface area contributed by atoms with Gasteiger partial charge in [0.25, 0.3) is 10.0 Å². The molecule has 2 rings (SSSR count). The van der Waals surface area contributed by atoms with E-state index >= 15 is 0 Å². The van der Waals surface area contributed by atoms with Crippen LogP contribution >= 0.6 is 15.9 Å². The first-order valence-corrected chi connectivity index (χ1v) is 9.35. The Morgan fingerprint density at radius 3 is 2.58 bits per heavy atom. The number of nitrogens with zero attached hydrogens (tertiary/aromatic N) is 1. The van der Waals surface area contributed by atoms with Crippen molar-refractivity contribution in [3.63, 3.8) is 0 Å². The van der Waals surface area contributed by atoms with Crippen molar-refractivity contribution in [3.8, 4) is 11.5 Å². The van der Waals surface area contributed by atoms with E-state index in [1.54, 1.807) is 30.3 Å². The van der Waals surface area contributed by atoms with Crippen LogP contribution in [0.2, 0.25) is 0 Å². The van der Waals surface area contributed by atoms with Crippen molar-refractivity contribution in [2.75, 3.05) is 13.7 Å². The van der Waals surface area contributed by atoms with Gasteiger partial charge in [0, 0.05) is 0 Å². The van der Waals surface area contributed by atoms with Gasteiger partial charge in [-0.2, -0.15) is 13.5 Å². The second-order valence-corrected chi connectivity index (χ2v) is 7.15. The summed E-state index contributed by atoms with van der Waals surface area (Å²) in [7, 11) is -2.16. The van der Waals surface area contributed by atoms with Crippen LogP contribution < -0.4 is 14.3 Å². The quantitative estimate of drug-likeness (QED) is 0.559. The maximum atomic E-state index is 12.1. The van der Waals surface area contributed by atoms with Crippen molar-refractivity contribution in [2.24, 2.45) is 5.10 Å². The zero-order chi connectivity index (χ0) is 17.6. The van der Waals surface area contributed by atoms with Crippen molar-refractivity contribution >= 4 is 32.2 Å². The lowest BCUT2D eigenvalue weighted by molar-refractivity contribution is 0.309. The molecule has 0 aliphatic rings. The SMILES string of the molecule is CCOc1c(Br)cc(/C=N\NS(=O)(=O)c2ccccc2)cc1OC. The zero-order valence-electron chi connectivity index (χ0n) is 13.2. The van der Waals surface area contributed by atoms with Crippen LogP contribution in [0.25, 0.3) is 0 Å². The van der Waals surface area contributed by atoms with Gasteiger partial charge in [-0.3, -0.25) is 0 Å². The van der Waals surface area contributed by atoms with Gasteiger partial charge < -0.3 is 9.47 Å². The van der Waals surface area contributed by atoms with Crippen LogP contribution in [-0.2, 0) is 10.0 Å². The van der Waals surface area contributed by atoms with Gasteiger partial charge in [0.1, 0.15) is 0 Å². The van der Waals surface area contributed by atoms with E-state index in [-0.39, 0.29) is 4.90 Å². The number of ether oxygens (including phenoxy) is 2. The fraction of sp³-hybridized carbons (Fsp3) is 0.188. The third kappa shape index (κ3) is 4.48. The largest absolute Gasteiger partial charge is 0.493 e. The molecule has 0 spiro atoms. The number of methoxy groups -OCH3 is 1. The normalized spacial score (nSPS) is 11.5. The summed E-state index contributed by atoms with van der Waals surface area (Å²) < 4.78 is 35.6. The number of hydrogen-bond donors (Lipinski definition) is 1. The van der Waals surface area contributed by atoms with Gasteiger partial charge in [-0.25, -0.2) is 4.83 Å². The molecule has 1 N–H and O–H groups in total. The predicted octanol–water partition coefficient (Wildman–Crippen LogP) is 3.17. The Labute approximate surface area is 149 Å². The molecule has 2 aromatic carbocycles. The summed E-state index contributed by atoms with van der Waals surface area (Å²) in [5.74, 6) is 1.11. The Balaban J connectivity index is 2.19. The number of hydrazone groups is 1. The molecule has 6 nitrogen and oxygen atoms in total. The molecule has 0 unspecified atom stereocenters. The Kier molecular flexibility index (Phi) is 6.22. The number of halogens is 1. The molecule has 24 heavy (non-hydrogen) atoms. The number of rotatable bonds is 7. The second kappa shape index (κ2) is 8.16. The van der Waals surface area contributed by atoms with E-state index < -0.39 is 10.0 Å². The summed E-state index contributed by atoms with van der Waals surface area (Å²) in [6.45, 7) is 2.37. The smallest absolute Gasteiger partial charge is 0.276 e. The van der Waals surface area contributed by atoms with Crippen molar-refractivity contribution in [2.45, 2.75) is 11.8 Å². The molecule has 0 amide bonds. The van der Waals surface area contributed by atoms with Gasteiger partial charge in [-0.1, -0.05) is 18.2 Å². The predicted molar refractivity (Wildman–Crippen MR) is 96.2 cm³/mol. The lowest BCUT2D eigenvalue weighted by Gasteiger charge is -2.12. The van der Waals surface area contributed by atoms with Crippen LogP contribution in [0.4, 0.5) is 0 Å². The minimum Gasteiger partial charge on any atom is -0.493 e. The molecule has 0 saturated carbocycles. The Bertz CT molecular complexity index is 823. The highest BCUT2D eigenvalue weighted by Crippen LogP contribution is 2.36. The van der Waals surface area contributed by atoms with E-state index in [1.807, 2.05) is 6.92 Å². The minimum atomic E-state index is -3.69. The molecule has 0 aromatic heterocycles. The summed E-state index contributed by atoms with van der Waals surface area (Å²) in [6.07, 6.45) is 1.39. The van der Waals surface area contributed by atoms with E-state index in [9.17, 15) is 8.42 Å². The van der Waals surface area contributed by atoms with Gasteiger partial charge in [-0.15, -0.1) is 0 Å². The van der Waals surface area contributed by atoms with E-state index in [0.29, 0.717) is 28.1 Å². The third-order valence-electron chi connectivity index (χ3n) is 2.98. The molecule has 0 radical (unpaired) electrons. The van der Waals surface area contributed by atoms with E-state index in [0.717, 1.165) is 0 Å². The number of nitrogens with one attached hydrogen (secondary N) is 1. The van der Waals surface area contributed by atoms with Crippen LogP contribution in [0, 0.1) is 0 Å². The average molecular weight is 413 g/mol. The molecule has 0 atom stereocenters. The summed E-state index contributed by atoms with van der Waals surface area (Å²) in [5, 5.41) is 3.80. The molecular formula is C16H17BrN2O4S. The van der Waals surface area contributed by atoms with Gasteiger partial charge in [0.15, 0.2) is 11.5 Å². The van der Waals surface area contributed by atoms with Crippen LogP contribution in [0.3, 0.4) is 0 Å². The summed E-state index contributed by atoms with van der Waals surface area (Å²) in [4.78, 5) is 2.32. The molecule has 0 aliphatic carbocycles. The molecule has 0 bridgehead atoms. The third-order valence-corrected chi connectivity index (χ3v) is 4.81. The highest BCUT2D eigenvalue weighted by molar-refractivity contribution is 9.10. The van der Waals surface area contributed by atoms with Crippen LogP contribution in [-0.4, -0.2) is 28.3 Å². The standard InChI is InChI=1S/C16H17BrN2O4S/c1-3-23-16-14(17)9-12(10-15(16)22-2)11-18-19-24(20,21)13-7-5-4-6-8-13/h4-11,19H,3H2,1-2H3/b18-11-. The van der Waals surface area contributed by atoms with Crippen molar-refractivity contribution in [1.29, 1.82) is 0 Å². The second-order valence-electron chi connectivity index (χ2n) is 4.63. The first-order chi connectivity index (χ1) is 11.5. The molecule has 8 heteroatoms. The van der Waals surface area contributed by atoms with E-state index in [2.05, 4.69) is 25.9 Å². The van der Waals surface area contributed by atoms with Crippen LogP contribution in [0.15, 0.2) is 56.9 Å². The van der Waals surface area contributed by atoms with Crippen molar-refractivity contribution in [3.05, 3.63) is 52.5 Å². The van der Waals surface area contributed by atoms with E-state index in [4.69, 9.17) is 9.47 Å². The molecule has 0 aliphatic heterocycles. The summed E-state index contributed by atoms with van der Waals surface area (Å²) in [6, 6.07) is 11.5. The topological polar surface area (TPSA) is 77.0 Å². The van der Waals surface area contributed by atoms with Crippen molar-refractivity contribution in [1.82, 2.24) is 4.83 Å². The summed E-state index contributed by atoms with van der Waals surface area (Å²) in [5.41, 5.74) is 0.651. The van der Waals surface area contributed by atoms with Gasteiger partial charge in [0.05, 0.1) is 29.3 Å². The zero-order valence-corrected chi connectivity index (χ0v) is 15.6. The molecule has 128 valence electrons. The Morgan fingerprint density at radius 1 is 1.25 bits per heavy atom. The lowest BCUT2D eigenvalue weighted by Crippen LogP contribution is -2.18. The van der Waals surface area contributed by atoms with Gasteiger partial charge in [0.2, 0.25) is 0 Å². The monoisotopic (exact) mass is 412 g/mol.